The molecule has 0 aliphatic rings. The van der Waals surface area contributed by atoms with Crippen molar-refractivity contribution in [3.05, 3.63) is 51.8 Å². The number of hydrogen-bond acceptors (Lipinski definition) is 2. The molecule has 0 aliphatic carbocycles. The van der Waals surface area contributed by atoms with Crippen molar-refractivity contribution < 1.29 is 0 Å². The van der Waals surface area contributed by atoms with Crippen LogP contribution in [-0.4, -0.2) is 16.3 Å². The van der Waals surface area contributed by atoms with Crippen LogP contribution >= 0.6 is 23.2 Å². The van der Waals surface area contributed by atoms with Gasteiger partial charge in [-0.3, -0.25) is 4.68 Å². The topological polar surface area (TPSA) is 29.9 Å². The fourth-order valence-corrected chi connectivity index (χ4v) is 2.96. The highest BCUT2D eigenvalue weighted by Gasteiger charge is 2.20. The fraction of sp³-hybridized carbons (Fsp3) is 0.438. The van der Waals surface area contributed by atoms with Gasteiger partial charge in [-0.05, 0) is 31.5 Å². The lowest BCUT2D eigenvalue weighted by atomic mass is 10.0. The Morgan fingerprint density at radius 2 is 1.90 bits per heavy atom. The summed E-state index contributed by atoms with van der Waals surface area (Å²) in [6.07, 6.45) is 6.06. The second kappa shape index (κ2) is 7.83. The number of rotatable bonds is 7. The average Bonchev–Trinajstić information content (AvgIpc) is 2.91. The van der Waals surface area contributed by atoms with Gasteiger partial charge in [-0.15, -0.1) is 0 Å². The third-order valence-electron chi connectivity index (χ3n) is 3.33. The van der Waals surface area contributed by atoms with E-state index in [0.29, 0.717) is 10.0 Å². The van der Waals surface area contributed by atoms with Crippen molar-refractivity contribution in [2.24, 2.45) is 0 Å². The molecule has 0 bridgehead atoms. The van der Waals surface area contributed by atoms with Crippen LogP contribution in [0.25, 0.3) is 0 Å². The van der Waals surface area contributed by atoms with E-state index in [1.165, 1.54) is 0 Å². The third kappa shape index (κ3) is 4.00. The zero-order valence-corrected chi connectivity index (χ0v) is 14.0. The molecule has 1 unspecified atom stereocenters. The van der Waals surface area contributed by atoms with E-state index in [2.05, 4.69) is 30.5 Å². The van der Waals surface area contributed by atoms with Crippen molar-refractivity contribution in [1.29, 1.82) is 0 Å². The highest BCUT2D eigenvalue weighted by molar-refractivity contribution is 6.36. The Kier molecular flexibility index (Phi) is 6.09. The number of nitrogens with one attached hydrogen (secondary N) is 1. The first-order chi connectivity index (χ1) is 10.2. The molecular weight excluding hydrogens is 305 g/mol. The monoisotopic (exact) mass is 325 g/mol. The Morgan fingerprint density at radius 3 is 2.52 bits per heavy atom. The van der Waals surface area contributed by atoms with E-state index in [4.69, 9.17) is 23.2 Å². The maximum absolute atomic E-state index is 6.37. The van der Waals surface area contributed by atoms with E-state index in [0.717, 1.165) is 37.1 Å². The molecule has 1 heterocycles. The number of benzene rings is 1. The molecule has 0 fully saturated rings. The van der Waals surface area contributed by atoms with Crippen molar-refractivity contribution in [2.45, 2.75) is 39.3 Å². The number of aromatic nitrogens is 2. The van der Waals surface area contributed by atoms with Gasteiger partial charge in [0.25, 0.3) is 0 Å². The molecule has 2 aromatic rings. The summed E-state index contributed by atoms with van der Waals surface area (Å²) in [5.74, 6) is 0. The van der Waals surface area contributed by atoms with E-state index in [1.807, 2.05) is 29.1 Å². The normalized spacial score (nSPS) is 12.6. The van der Waals surface area contributed by atoms with Gasteiger partial charge in [0.1, 0.15) is 0 Å². The number of hydrogen-bond donors (Lipinski definition) is 1. The minimum absolute atomic E-state index is 0.0308. The molecule has 1 aromatic heterocycles. The van der Waals surface area contributed by atoms with Gasteiger partial charge in [0.2, 0.25) is 0 Å². The van der Waals surface area contributed by atoms with E-state index >= 15 is 0 Å². The number of aryl methyl sites for hydroxylation is 1. The zero-order chi connectivity index (χ0) is 15.2. The Bertz CT molecular complexity index is 560. The van der Waals surface area contributed by atoms with Crippen LogP contribution in [0.1, 0.15) is 43.9 Å². The Labute approximate surface area is 136 Å². The van der Waals surface area contributed by atoms with Crippen LogP contribution in [0.3, 0.4) is 0 Å². The largest absolute Gasteiger partial charge is 0.306 e. The molecule has 1 atom stereocenters. The lowest BCUT2D eigenvalue weighted by Gasteiger charge is -2.20. The van der Waals surface area contributed by atoms with Crippen molar-refractivity contribution in [3.63, 3.8) is 0 Å². The third-order valence-corrected chi connectivity index (χ3v) is 3.99. The summed E-state index contributed by atoms with van der Waals surface area (Å²) in [6.45, 7) is 6.08. The fourth-order valence-electron chi connectivity index (χ4n) is 2.34. The predicted octanol–water partition coefficient (Wildman–Crippen LogP) is 4.69. The SMILES string of the molecule is CCCNC(c1cnn(CCC)c1)c1c(Cl)cccc1Cl. The van der Waals surface area contributed by atoms with Gasteiger partial charge in [-0.25, -0.2) is 0 Å². The first-order valence-corrected chi connectivity index (χ1v) is 8.12. The molecule has 0 saturated heterocycles. The van der Waals surface area contributed by atoms with Gasteiger partial charge in [0.05, 0.1) is 12.2 Å². The van der Waals surface area contributed by atoms with Gasteiger partial charge in [0, 0.05) is 33.9 Å². The van der Waals surface area contributed by atoms with Gasteiger partial charge >= 0.3 is 0 Å². The molecule has 2 rings (SSSR count). The maximum atomic E-state index is 6.37. The molecule has 21 heavy (non-hydrogen) atoms. The molecule has 0 radical (unpaired) electrons. The second-order valence-electron chi connectivity index (χ2n) is 5.06. The predicted molar refractivity (Wildman–Crippen MR) is 89.1 cm³/mol. The van der Waals surface area contributed by atoms with Crippen LogP contribution in [0.2, 0.25) is 10.0 Å². The first kappa shape index (κ1) is 16.3. The Morgan fingerprint density at radius 1 is 1.19 bits per heavy atom. The van der Waals surface area contributed by atoms with E-state index < -0.39 is 0 Å². The van der Waals surface area contributed by atoms with Crippen molar-refractivity contribution in [2.75, 3.05) is 6.54 Å². The molecule has 0 spiro atoms. The summed E-state index contributed by atoms with van der Waals surface area (Å²) in [5.41, 5.74) is 2.01. The van der Waals surface area contributed by atoms with Crippen LogP contribution in [0.15, 0.2) is 30.6 Å². The van der Waals surface area contributed by atoms with E-state index in [9.17, 15) is 0 Å². The average molecular weight is 326 g/mol. The molecule has 3 nitrogen and oxygen atoms in total. The summed E-state index contributed by atoms with van der Waals surface area (Å²) in [6, 6.07) is 5.59. The van der Waals surface area contributed by atoms with E-state index in [1.54, 1.807) is 0 Å². The number of halogens is 2. The second-order valence-corrected chi connectivity index (χ2v) is 5.87. The van der Waals surface area contributed by atoms with Crippen molar-refractivity contribution in [3.8, 4) is 0 Å². The van der Waals surface area contributed by atoms with Crippen LogP contribution in [-0.2, 0) is 6.54 Å². The molecule has 0 saturated carbocycles. The van der Waals surface area contributed by atoms with Crippen LogP contribution in [0.4, 0.5) is 0 Å². The summed E-state index contributed by atoms with van der Waals surface area (Å²) in [4.78, 5) is 0. The standard InChI is InChI=1S/C16H21Cl2N3/c1-3-8-19-16(12-10-20-21(11-12)9-4-2)15-13(17)6-5-7-14(15)18/h5-7,10-11,16,19H,3-4,8-9H2,1-2H3. The maximum Gasteiger partial charge on any atom is 0.0637 e. The Hall–Kier alpha value is -1.03. The number of nitrogens with zero attached hydrogens (tertiary/aromatic N) is 2. The summed E-state index contributed by atoms with van der Waals surface area (Å²) < 4.78 is 1.96. The first-order valence-electron chi connectivity index (χ1n) is 7.37. The van der Waals surface area contributed by atoms with Gasteiger partial charge in [-0.2, -0.15) is 5.10 Å². The lowest BCUT2D eigenvalue weighted by Crippen LogP contribution is -2.23. The van der Waals surface area contributed by atoms with E-state index in [-0.39, 0.29) is 6.04 Å². The molecule has 0 amide bonds. The highest BCUT2D eigenvalue weighted by Crippen LogP contribution is 2.34. The summed E-state index contributed by atoms with van der Waals surface area (Å²) in [7, 11) is 0. The Balaban J connectivity index is 2.37. The molecule has 5 heteroatoms. The molecule has 0 aliphatic heterocycles. The quantitative estimate of drug-likeness (QED) is 0.800. The molecule has 1 N–H and O–H groups in total. The molecule has 114 valence electrons. The molecular formula is C16H21Cl2N3. The summed E-state index contributed by atoms with van der Waals surface area (Å²) in [5, 5.41) is 9.29. The highest BCUT2D eigenvalue weighted by atomic mass is 35.5. The lowest BCUT2D eigenvalue weighted by molar-refractivity contribution is 0.588. The van der Waals surface area contributed by atoms with Crippen LogP contribution < -0.4 is 5.32 Å². The van der Waals surface area contributed by atoms with Crippen molar-refractivity contribution >= 4 is 23.2 Å². The van der Waals surface area contributed by atoms with Crippen LogP contribution in [0, 0.1) is 0 Å². The zero-order valence-electron chi connectivity index (χ0n) is 12.4. The smallest absolute Gasteiger partial charge is 0.0637 e. The van der Waals surface area contributed by atoms with Crippen molar-refractivity contribution in [1.82, 2.24) is 15.1 Å². The summed E-state index contributed by atoms with van der Waals surface area (Å²) >= 11 is 12.7. The minimum Gasteiger partial charge on any atom is -0.306 e. The molecule has 1 aromatic carbocycles. The van der Waals surface area contributed by atoms with Crippen LogP contribution in [0.5, 0.6) is 0 Å². The van der Waals surface area contributed by atoms with Gasteiger partial charge in [-0.1, -0.05) is 43.1 Å². The minimum atomic E-state index is -0.0308. The van der Waals surface area contributed by atoms with Gasteiger partial charge in [0.15, 0.2) is 0 Å². The van der Waals surface area contributed by atoms with Gasteiger partial charge < -0.3 is 5.32 Å².